The molecule has 0 radical (unpaired) electrons. The Morgan fingerprint density at radius 3 is 1.43 bits per heavy atom. The SMILES string of the molecule is CN(CCOC(=O)NCc1ccc(COc2nc(N)nc3c2N=CC3)cc1)c1ccc2c(c1)sc1cc(/C=C(/C#N)C(=O)OC(C)(C)C)sc12.[C-]#[N+]/C(=C\c1cc2sc3cc(N(C)CCOC(=O)NCc4ccc(COc5nc(N)nc6nc[nH]c56)cc4)sc3c2s1)c1nc2ccccc2s1.[C-]#[N+]/C(C#N)=C\c1cc2sc3cc(N(C)CCOC(=O)NCc4ccc(COc5nc(N)nc6c5N=CC6)cc4)ccc3c2s1. The Balaban J connectivity index is 0.000000144. The zero-order chi connectivity index (χ0) is 102. The number of nitrogens with zero attached hydrogens (tertiary/aromatic N) is 17. The van der Waals surface area contributed by atoms with Crippen molar-refractivity contribution >= 4 is 276 Å². The predicted molar refractivity (Wildman–Crippen MR) is 583 cm³/mol. The highest BCUT2D eigenvalue weighted by Gasteiger charge is 2.26. The van der Waals surface area contributed by atoms with Gasteiger partial charge in [-0.2, -0.15) is 25.2 Å². The first-order chi connectivity index (χ1) is 70.7. The number of fused-ring (bicyclic) bond motifs is 13. The Hall–Kier alpha value is -16.6. The zero-order valence-electron chi connectivity index (χ0n) is 79.0. The number of anilines is 6. The van der Waals surface area contributed by atoms with Crippen LogP contribution in [0.25, 0.3) is 113 Å². The fraction of sp³-hybridized carbons (Fsp3) is 0.204. The molecule has 734 valence electrons. The van der Waals surface area contributed by atoms with E-state index < -0.39 is 29.9 Å². The molecule has 14 heterocycles. The molecule has 18 aromatic rings. The number of rotatable bonds is 32. The number of carbonyl (C=O) groups is 4. The van der Waals surface area contributed by atoms with Crippen molar-refractivity contribution in [3.8, 4) is 29.8 Å². The Morgan fingerprint density at radius 2 is 0.932 bits per heavy atom. The van der Waals surface area contributed by atoms with E-state index in [0.29, 0.717) is 111 Å². The largest absolute Gasteiger partial charge is 0.471 e. The Bertz CT molecular complexity index is 8310. The molecule has 20 rings (SSSR count). The van der Waals surface area contributed by atoms with Crippen LogP contribution >= 0.6 is 90.7 Å². The molecule has 3 amide bonds. The number of nitrogen functional groups attached to an aromatic ring is 3. The summed E-state index contributed by atoms with van der Waals surface area (Å²) in [6.45, 7) is 24.3. The summed E-state index contributed by atoms with van der Waals surface area (Å²) < 4.78 is 51.9. The molecule has 146 heavy (non-hydrogen) atoms. The van der Waals surface area contributed by atoms with Crippen molar-refractivity contribution in [1.29, 1.82) is 10.5 Å². The standard InChI is InChI=1S/C36H35N7O5S2.C35H27N9O3S4.C32H26N8O3S2/c1-36(2,3)48-33(44)23(18-37)15-25-17-29-31(49-25)26-10-9-24(16-28(26)50-29)43(4)13-14-46-35(45)40-19-21-5-7-22(8-6-21)20-47-32-30-27(11-12-39-30)41-34(38)42-32;1-37-23(33-41-22-5-3-4-6-24(22)50-33)13-21-14-25-29(48-21)30-26(49-25)15-27(51-30)44(2)11-12-46-35(45)38-16-19-7-9-20(10-8-19)17-47-32-28-31(40-18-39-28)42-34(36)43-32;1-35-21(16-33)13-23-15-27-29(44-23)24-8-7-22(14-26(24)45-27)40(2)11-12-42-32(41)37-17-19-3-5-20(6-4-19)18-43-30-28-25(9-10-36-28)38-31(34)39-30/h5-10,12,15-17H,11,13-14,19-20H2,1-4H3,(H,40,45)(H2,38,41,42);3-10,13-15,18H,11-12,16-17H2,2H3,(H,38,45)(H3,36,39,40,42,43);3-8,10,13-15H,9,11-12,17-18H2,2H3,(H,37,41)(H2,34,38,39)/b23-15-;23-13-;21-13-. The third kappa shape index (κ3) is 24.3. The monoisotopic (exact) mass is 2090 g/mol. The van der Waals surface area contributed by atoms with Crippen molar-refractivity contribution in [1.82, 2.24) is 60.8 Å². The smallest absolute Gasteiger partial charge is 0.407 e. The molecule has 12 aromatic heterocycles. The molecular formula is C103H88N24O11S8. The van der Waals surface area contributed by atoms with E-state index in [1.165, 1.54) is 36.5 Å². The number of aromatic nitrogens is 9. The first-order valence-electron chi connectivity index (χ1n) is 45.2. The second kappa shape index (κ2) is 44.9. The number of para-hydroxylation sites is 1. The van der Waals surface area contributed by atoms with E-state index in [-0.39, 0.29) is 55.5 Å². The number of esters is 1. The summed E-state index contributed by atoms with van der Waals surface area (Å²) in [6.07, 6.45) is 9.96. The number of carbonyl (C=O) groups excluding carboxylic acids is 4. The van der Waals surface area contributed by atoms with Crippen molar-refractivity contribution in [2.24, 2.45) is 9.98 Å². The molecule has 0 saturated heterocycles. The molecule has 0 fully saturated rings. The molecule has 0 unspecified atom stereocenters. The highest BCUT2D eigenvalue weighted by molar-refractivity contribution is 7.40. The van der Waals surface area contributed by atoms with Crippen LogP contribution in [0.3, 0.4) is 0 Å². The number of H-pyrrole nitrogens is 1. The average molecular weight is 2090 g/mol. The number of ether oxygens (including phenoxy) is 7. The number of thiazole rings is 1. The fourth-order valence-electron chi connectivity index (χ4n) is 15.1. The van der Waals surface area contributed by atoms with Crippen LogP contribution in [0.5, 0.6) is 17.6 Å². The van der Waals surface area contributed by atoms with Gasteiger partial charge in [0.25, 0.3) is 5.70 Å². The second-order valence-electron chi connectivity index (χ2n) is 34.0. The van der Waals surface area contributed by atoms with Gasteiger partial charge in [0.05, 0.1) is 90.6 Å². The van der Waals surface area contributed by atoms with E-state index in [1.807, 2.05) is 170 Å². The van der Waals surface area contributed by atoms with Crippen LogP contribution in [0.2, 0.25) is 0 Å². The van der Waals surface area contributed by atoms with Gasteiger partial charge in [-0.05, 0) is 133 Å². The first-order valence-corrected chi connectivity index (χ1v) is 51.8. The maximum Gasteiger partial charge on any atom is 0.407 e. The third-order valence-electron chi connectivity index (χ3n) is 22.5. The summed E-state index contributed by atoms with van der Waals surface area (Å²) in [7, 11) is 5.91. The van der Waals surface area contributed by atoms with Gasteiger partial charge < -0.3 is 86.0 Å². The molecule has 0 saturated carbocycles. The number of alkyl carbamates (subject to hydrolysis) is 3. The Labute approximate surface area is 866 Å². The average Bonchev–Trinajstić information content (AvgIpc) is 1.60. The van der Waals surface area contributed by atoms with E-state index in [2.05, 4.69) is 122 Å². The van der Waals surface area contributed by atoms with E-state index in [9.17, 15) is 24.4 Å². The highest BCUT2D eigenvalue weighted by atomic mass is 32.1. The molecule has 43 heteroatoms. The Kier molecular flexibility index (Phi) is 30.6. The fourth-order valence-corrected chi connectivity index (χ4v) is 25.0. The number of nitriles is 2. The van der Waals surface area contributed by atoms with E-state index in [0.717, 1.165) is 130 Å². The molecule has 6 aromatic carbocycles. The maximum atomic E-state index is 12.4. The molecule has 0 aliphatic carbocycles. The number of amides is 3. The number of hydrogen-bond donors (Lipinski definition) is 7. The number of benzene rings is 6. The lowest BCUT2D eigenvalue weighted by molar-refractivity contribution is -0.149. The number of aliphatic imine (C=N–C) groups is 2. The van der Waals surface area contributed by atoms with Gasteiger partial charge in [0.2, 0.25) is 41.2 Å². The minimum Gasteiger partial charge on any atom is -0.471 e. The molecule has 0 bridgehead atoms. The van der Waals surface area contributed by atoms with E-state index in [4.69, 9.17) is 68.8 Å². The molecule has 0 atom stereocenters. The van der Waals surface area contributed by atoms with Gasteiger partial charge in [0.1, 0.15) is 78.8 Å². The third-order valence-corrected chi connectivity index (χ3v) is 32.1. The summed E-state index contributed by atoms with van der Waals surface area (Å²) >= 11 is 13.1. The molecule has 2 aliphatic rings. The lowest BCUT2D eigenvalue weighted by Gasteiger charge is -2.19. The van der Waals surface area contributed by atoms with Crippen LogP contribution in [0.15, 0.2) is 185 Å². The van der Waals surface area contributed by atoms with Crippen LogP contribution < -0.4 is 62.1 Å². The number of imidazole rings is 1. The van der Waals surface area contributed by atoms with Gasteiger partial charge in [0, 0.05) is 131 Å². The summed E-state index contributed by atoms with van der Waals surface area (Å²) in [5.41, 5.74) is 29.5. The van der Waals surface area contributed by atoms with Gasteiger partial charge in [-0.1, -0.05) is 97.1 Å². The minimum atomic E-state index is -0.679. The van der Waals surface area contributed by atoms with E-state index in [1.54, 1.807) is 125 Å². The van der Waals surface area contributed by atoms with Crippen molar-refractivity contribution in [2.75, 3.05) is 92.5 Å². The topological polar surface area (TPSA) is 457 Å². The van der Waals surface area contributed by atoms with E-state index >= 15 is 0 Å². The number of nitrogens with two attached hydrogens (primary N) is 3. The molecule has 0 spiro atoms. The summed E-state index contributed by atoms with van der Waals surface area (Å²) in [4.78, 5) is 111. The molecule has 35 nitrogen and oxygen atoms in total. The lowest BCUT2D eigenvalue weighted by atomic mass is 10.1. The van der Waals surface area contributed by atoms with Crippen LogP contribution in [0.1, 0.15) is 85.2 Å². The minimum absolute atomic E-state index is 0.0284. The molecule has 10 N–H and O–H groups in total. The van der Waals surface area contributed by atoms with Gasteiger partial charge in [0.15, 0.2) is 5.65 Å². The number of thiophene rings is 7. The van der Waals surface area contributed by atoms with Crippen LogP contribution in [0.4, 0.5) is 60.0 Å². The van der Waals surface area contributed by atoms with Crippen molar-refractivity contribution in [3.63, 3.8) is 0 Å². The van der Waals surface area contributed by atoms with Crippen molar-refractivity contribution < 1.29 is 52.3 Å². The van der Waals surface area contributed by atoms with Crippen LogP contribution in [-0.2, 0) is 76.0 Å². The van der Waals surface area contributed by atoms with Crippen molar-refractivity contribution in [2.45, 2.75) is 78.7 Å². The second-order valence-corrected chi connectivity index (χ2v) is 42.5. The summed E-state index contributed by atoms with van der Waals surface area (Å²) in [5.74, 6) is 0.853. The normalized spacial score (nSPS) is 12.1. The zero-order valence-corrected chi connectivity index (χ0v) is 85.5. The van der Waals surface area contributed by atoms with Crippen LogP contribution in [0, 0.1) is 35.8 Å². The van der Waals surface area contributed by atoms with Gasteiger partial charge in [-0.25, -0.2) is 54.1 Å². The number of aromatic amines is 1. The number of likely N-dealkylation sites (N-methyl/N-ethyl adjacent to an activating group) is 3. The van der Waals surface area contributed by atoms with Gasteiger partial charge >= 0.3 is 24.2 Å². The number of allylic oxidation sites excluding steroid dienone is 1. The lowest BCUT2D eigenvalue weighted by Crippen LogP contribution is -2.28. The summed E-state index contributed by atoms with van der Waals surface area (Å²) in [5, 5.41) is 31.0. The van der Waals surface area contributed by atoms with Gasteiger partial charge in [-0.3, -0.25) is 9.98 Å². The quantitative estimate of drug-likeness (QED) is 0.00677. The van der Waals surface area contributed by atoms with Crippen molar-refractivity contribution in [3.05, 3.63) is 263 Å². The number of hydrogen-bond acceptors (Lipinski definition) is 37. The predicted octanol–water partition coefficient (Wildman–Crippen LogP) is 21.8. The molecule has 2 aliphatic heterocycles. The molecular weight excluding hydrogens is 2010 g/mol. The highest BCUT2D eigenvalue weighted by Crippen LogP contribution is 2.49. The number of nitrogens with one attached hydrogen (secondary N) is 4. The maximum absolute atomic E-state index is 12.4. The van der Waals surface area contributed by atoms with Gasteiger partial charge in [-0.15, -0.1) is 90.7 Å². The van der Waals surface area contributed by atoms with Crippen LogP contribution in [-0.4, -0.2) is 148 Å². The first kappa shape index (κ1) is 99.5. The summed E-state index contributed by atoms with van der Waals surface area (Å²) in [6, 6.07) is 55.7. The Morgan fingerprint density at radius 1 is 0.479 bits per heavy atom.